The van der Waals surface area contributed by atoms with Crippen molar-refractivity contribution >= 4 is 71.2 Å². The highest BCUT2D eigenvalue weighted by Crippen LogP contribution is 2.42. The molecule has 222 valence electrons. The highest BCUT2D eigenvalue weighted by molar-refractivity contribution is 6.23. The number of fused-ring (bicyclic) bond motifs is 10. The Balaban J connectivity index is 1.30. The minimum Gasteiger partial charge on any atom is -0.309 e. The fraction of sp³-hybridized carbons (Fsp3) is 0. The Morgan fingerprint density at radius 1 is 0.375 bits per heavy atom. The normalized spacial score (nSPS) is 12.2. The van der Waals surface area contributed by atoms with Crippen LogP contribution in [0.3, 0.4) is 0 Å². The molecule has 0 aliphatic rings. The molecule has 11 aromatic rings. The maximum absolute atomic E-state index is 5.24. The summed E-state index contributed by atoms with van der Waals surface area (Å²) in [7, 11) is 0. The van der Waals surface area contributed by atoms with Gasteiger partial charge < -0.3 is 4.57 Å². The van der Waals surface area contributed by atoms with E-state index in [1.807, 2.05) is 18.2 Å². The number of hydrogen-bond acceptors (Lipinski definition) is 2. The maximum atomic E-state index is 5.24. The first kappa shape index (κ1) is 25.6. The molecule has 0 saturated carbocycles. The van der Waals surface area contributed by atoms with E-state index in [0.29, 0.717) is 0 Å². The SMILES string of the molecule is c1ccc(-c2ccc3c4ccc(-c5ccccc5)cc4n(-c4cc5c6ccccc6n6c7nc8ccccc8nc7c(c4)c56)c3c2)cc1. The number of nitrogens with zero attached hydrogens (tertiary/aromatic N) is 4. The Morgan fingerprint density at radius 2 is 0.917 bits per heavy atom. The summed E-state index contributed by atoms with van der Waals surface area (Å²) in [6.07, 6.45) is 0. The van der Waals surface area contributed by atoms with Crippen molar-refractivity contribution in [3.05, 3.63) is 158 Å². The third-order valence-corrected chi connectivity index (χ3v) is 10.0. The predicted molar refractivity (Wildman–Crippen MR) is 199 cm³/mol. The van der Waals surface area contributed by atoms with Crippen molar-refractivity contribution in [3.63, 3.8) is 0 Å². The molecule has 11 rings (SSSR count). The van der Waals surface area contributed by atoms with Gasteiger partial charge in [0, 0.05) is 32.6 Å². The summed E-state index contributed by atoms with van der Waals surface area (Å²) in [6.45, 7) is 0. The Bertz CT molecular complexity index is 2950. The first-order valence-electron chi connectivity index (χ1n) is 16.3. The fourth-order valence-electron chi connectivity index (χ4n) is 7.86. The van der Waals surface area contributed by atoms with Gasteiger partial charge in [-0.15, -0.1) is 0 Å². The summed E-state index contributed by atoms with van der Waals surface area (Å²) in [5.74, 6) is 0. The average molecular weight is 611 g/mol. The quantitative estimate of drug-likeness (QED) is 0.199. The van der Waals surface area contributed by atoms with Gasteiger partial charge in [0.25, 0.3) is 0 Å². The Morgan fingerprint density at radius 3 is 1.58 bits per heavy atom. The van der Waals surface area contributed by atoms with Crippen LogP contribution >= 0.6 is 0 Å². The zero-order chi connectivity index (χ0) is 31.3. The van der Waals surface area contributed by atoms with Gasteiger partial charge in [-0.1, -0.05) is 115 Å². The van der Waals surface area contributed by atoms with Crippen LogP contribution in [-0.4, -0.2) is 18.9 Å². The molecule has 0 aliphatic carbocycles. The molecular formula is C44H26N4. The van der Waals surface area contributed by atoms with Gasteiger partial charge in [0.05, 0.1) is 33.1 Å². The summed E-state index contributed by atoms with van der Waals surface area (Å²) in [5.41, 5.74) is 14.2. The van der Waals surface area contributed by atoms with Gasteiger partial charge in [-0.2, -0.15) is 0 Å². The van der Waals surface area contributed by atoms with Crippen LogP contribution < -0.4 is 0 Å². The lowest BCUT2D eigenvalue weighted by atomic mass is 10.0. The number of benzene rings is 7. The molecule has 0 fully saturated rings. The molecule has 0 unspecified atom stereocenters. The summed E-state index contributed by atoms with van der Waals surface area (Å²) in [5, 5.41) is 5.99. The van der Waals surface area contributed by atoms with Gasteiger partial charge >= 0.3 is 0 Å². The second kappa shape index (κ2) is 9.50. The minimum atomic E-state index is 0.895. The fourth-order valence-corrected chi connectivity index (χ4v) is 7.86. The van der Waals surface area contributed by atoms with E-state index in [-0.39, 0.29) is 0 Å². The third kappa shape index (κ3) is 3.49. The van der Waals surface area contributed by atoms with Crippen LogP contribution in [0.1, 0.15) is 0 Å². The maximum Gasteiger partial charge on any atom is 0.165 e. The molecule has 0 amide bonds. The van der Waals surface area contributed by atoms with Crippen LogP contribution in [-0.2, 0) is 0 Å². The molecule has 4 nitrogen and oxygen atoms in total. The van der Waals surface area contributed by atoms with Gasteiger partial charge in [-0.25, -0.2) is 9.97 Å². The molecule has 0 spiro atoms. The van der Waals surface area contributed by atoms with Gasteiger partial charge in [0.15, 0.2) is 5.65 Å². The molecule has 0 bridgehead atoms. The summed E-state index contributed by atoms with van der Waals surface area (Å²) >= 11 is 0. The number of hydrogen-bond donors (Lipinski definition) is 0. The van der Waals surface area contributed by atoms with Crippen molar-refractivity contribution in [1.82, 2.24) is 18.9 Å². The lowest BCUT2D eigenvalue weighted by Crippen LogP contribution is -1.95. The zero-order valence-corrected chi connectivity index (χ0v) is 25.8. The van der Waals surface area contributed by atoms with Crippen molar-refractivity contribution < 1.29 is 0 Å². The van der Waals surface area contributed by atoms with Gasteiger partial charge in [-0.3, -0.25) is 4.40 Å². The molecule has 0 saturated heterocycles. The zero-order valence-electron chi connectivity index (χ0n) is 25.8. The van der Waals surface area contributed by atoms with E-state index in [1.165, 1.54) is 60.3 Å². The smallest absolute Gasteiger partial charge is 0.165 e. The van der Waals surface area contributed by atoms with Gasteiger partial charge in [0.1, 0.15) is 5.52 Å². The van der Waals surface area contributed by atoms with Crippen LogP contribution in [0, 0.1) is 0 Å². The molecule has 48 heavy (non-hydrogen) atoms. The molecule has 0 aliphatic heterocycles. The van der Waals surface area contributed by atoms with E-state index in [1.54, 1.807) is 0 Å². The summed E-state index contributed by atoms with van der Waals surface area (Å²) in [4.78, 5) is 10.4. The molecule has 4 aromatic heterocycles. The molecule has 0 atom stereocenters. The lowest BCUT2D eigenvalue weighted by molar-refractivity contribution is 1.19. The van der Waals surface area contributed by atoms with E-state index in [0.717, 1.165) is 38.8 Å². The number of aromatic nitrogens is 4. The largest absolute Gasteiger partial charge is 0.309 e. The summed E-state index contributed by atoms with van der Waals surface area (Å²) < 4.78 is 4.77. The highest BCUT2D eigenvalue weighted by atomic mass is 15.0. The molecular weight excluding hydrogens is 585 g/mol. The summed E-state index contributed by atoms with van der Waals surface area (Å²) in [6, 6.07) is 56.6. The van der Waals surface area contributed by atoms with Crippen molar-refractivity contribution in [3.8, 4) is 27.9 Å². The molecule has 0 N–H and O–H groups in total. The molecule has 7 aromatic carbocycles. The molecule has 4 heteroatoms. The first-order chi connectivity index (χ1) is 23.8. The van der Waals surface area contributed by atoms with Crippen molar-refractivity contribution in [2.45, 2.75) is 0 Å². The van der Waals surface area contributed by atoms with Crippen molar-refractivity contribution in [2.24, 2.45) is 0 Å². The second-order valence-electron chi connectivity index (χ2n) is 12.7. The van der Waals surface area contributed by atoms with Crippen LogP contribution in [0.4, 0.5) is 0 Å². The van der Waals surface area contributed by atoms with Crippen LogP contribution in [0.15, 0.2) is 158 Å². The van der Waals surface area contributed by atoms with E-state index in [2.05, 4.69) is 148 Å². The van der Waals surface area contributed by atoms with Crippen LogP contribution in [0.25, 0.3) is 99.1 Å². The Kier molecular flexibility index (Phi) is 5.08. The van der Waals surface area contributed by atoms with E-state index in [4.69, 9.17) is 9.97 Å². The lowest BCUT2D eigenvalue weighted by Gasteiger charge is -2.11. The van der Waals surface area contributed by atoms with Gasteiger partial charge in [-0.05, 0) is 64.7 Å². The average Bonchev–Trinajstić information content (AvgIpc) is 3.78. The van der Waals surface area contributed by atoms with E-state index >= 15 is 0 Å². The van der Waals surface area contributed by atoms with Crippen molar-refractivity contribution in [2.75, 3.05) is 0 Å². The predicted octanol–water partition coefficient (Wildman–Crippen LogP) is 11.2. The van der Waals surface area contributed by atoms with E-state index in [9.17, 15) is 0 Å². The third-order valence-electron chi connectivity index (χ3n) is 10.0. The Labute approximate surface area is 275 Å². The number of rotatable bonds is 3. The van der Waals surface area contributed by atoms with Crippen LogP contribution in [0.2, 0.25) is 0 Å². The van der Waals surface area contributed by atoms with Crippen molar-refractivity contribution in [1.29, 1.82) is 0 Å². The molecule has 0 radical (unpaired) electrons. The van der Waals surface area contributed by atoms with E-state index < -0.39 is 0 Å². The highest BCUT2D eigenvalue weighted by Gasteiger charge is 2.23. The second-order valence-corrected chi connectivity index (χ2v) is 12.7. The number of para-hydroxylation sites is 3. The standard InChI is InChI=1S/C44H26N4/c1-3-11-27(12-4-1)29-19-21-33-34-22-20-30(28-13-5-2-6-14-28)24-41(34)47(40(33)23-29)31-25-35-32-15-7-10-18-39(32)48-43(35)36(26-31)42-44(48)46-38-17-9-8-16-37(38)45-42/h1-26H. The Hall–Kier alpha value is -6.52. The monoisotopic (exact) mass is 610 g/mol. The minimum absolute atomic E-state index is 0.895. The van der Waals surface area contributed by atoms with Gasteiger partial charge in [0.2, 0.25) is 0 Å². The first-order valence-corrected chi connectivity index (χ1v) is 16.3. The topological polar surface area (TPSA) is 35.1 Å². The van der Waals surface area contributed by atoms with Crippen LogP contribution in [0.5, 0.6) is 0 Å². The molecule has 4 heterocycles.